The molecule has 0 unspecified atom stereocenters. The molecule has 3 nitrogen and oxygen atoms in total. The summed E-state index contributed by atoms with van der Waals surface area (Å²) in [4.78, 5) is 0. The van der Waals surface area contributed by atoms with E-state index in [1.165, 1.54) is 29.4 Å². The van der Waals surface area contributed by atoms with Crippen LogP contribution in [0.2, 0.25) is 0 Å². The van der Waals surface area contributed by atoms with Crippen molar-refractivity contribution >= 4 is 15.9 Å². The molecule has 0 radical (unpaired) electrons. The van der Waals surface area contributed by atoms with Gasteiger partial charge in [0.15, 0.2) is 0 Å². The summed E-state index contributed by atoms with van der Waals surface area (Å²) in [5.41, 5.74) is 2.96. The normalized spacial score (nSPS) is 17.5. The molecule has 0 atom stereocenters. The van der Waals surface area contributed by atoms with Gasteiger partial charge in [0, 0.05) is 13.1 Å². The van der Waals surface area contributed by atoms with Gasteiger partial charge in [0.05, 0.1) is 15.9 Å². The van der Waals surface area contributed by atoms with Crippen molar-refractivity contribution in [3.8, 4) is 0 Å². The highest BCUT2D eigenvalue weighted by Gasteiger charge is 2.38. The largest absolute Gasteiger partial charge is 0.316 e. The summed E-state index contributed by atoms with van der Waals surface area (Å²) in [7, 11) is 0. The summed E-state index contributed by atoms with van der Waals surface area (Å²) in [5, 5.41) is 8.30. The predicted molar refractivity (Wildman–Crippen MR) is 88.0 cm³/mol. The lowest BCUT2D eigenvalue weighted by molar-refractivity contribution is 0.125. The molecule has 0 bridgehead atoms. The van der Waals surface area contributed by atoms with Crippen molar-refractivity contribution in [1.82, 2.24) is 15.1 Å². The van der Waals surface area contributed by atoms with Crippen LogP contribution in [-0.4, -0.2) is 22.9 Å². The first-order valence-electron chi connectivity index (χ1n) is 7.90. The third kappa shape index (κ3) is 3.45. The van der Waals surface area contributed by atoms with E-state index in [0.717, 1.165) is 37.7 Å². The van der Waals surface area contributed by atoms with E-state index in [9.17, 15) is 0 Å². The molecule has 0 aromatic carbocycles. The first kappa shape index (κ1) is 16.0. The number of rotatable bonds is 7. The molecule has 1 fully saturated rings. The fourth-order valence-corrected chi connectivity index (χ4v) is 3.54. The van der Waals surface area contributed by atoms with Crippen LogP contribution in [0, 0.1) is 18.3 Å². The van der Waals surface area contributed by atoms with Gasteiger partial charge in [0.1, 0.15) is 0 Å². The molecule has 4 heteroatoms. The molecule has 1 aliphatic rings. The van der Waals surface area contributed by atoms with Crippen LogP contribution >= 0.6 is 15.9 Å². The number of halogens is 1. The van der Waals surface area contributed by atoms with Crippen molar-refractivity contribution in [2.24, 2.45) is 11.3 Å². The second-order valence-electron chi connectivity index (χ2n) is 6.72. The maximum atomic E-state index is 4.63. The Kier molecular flexibility index (Phi) is 5.30. The van der Waals surface area contributed by atoms with Crippen LogP contribution in [0.3, 0.4) is 0 Å². The summed E-state index contributed by atoms with van der Waals surface area (Å²) in [6, 6.07) is 0. The fourth-order valence-electron chi connectivity index (χ4n) is 3.11. The van der Waals surface area contributed by atoms with E-state index in [-0.39, 0.29) is 0 Å². The van der Waals surface area contributed by atoms with Gasteiger partial charge in [0.2, 0.25) is 0 Å². The van der Waals surface area contributed by atoms with Gasteiger partial charge in [-0.05, 0) is 66.9 Å². The SMILES string of the molecule is CCn1nc(C)c(Br)c1CC1(CNCC(C)C)CCC1. The average molecular weight is 342 g/mol. The third-order valence-electron chi connectivity index (χ3n) is 4.46. The van der Waals surface area contributed by atoms with Crippen molar-refractivity contribution in [2.75, 3.05) is 13.1 Å². The van der Waals surface area contributed by atoms with Crippen LogP contribution in [-0.2, 0) is 13.0 Å². The lowest BCUT2D eigenvalue weighted by Gasteiger charge is -2.42. The first-order valence-corrected chi connectivity index (χ1v) is 8.69. The maximum absolute atomic E-state index is 4.63. The minimum atomic E-state index is 0.455. The maximum Gasteiger partial charge on any atom is 0.0738 e. The lowest BCUT2D eigenvalue weighted by atomic mass is 9.66. The van der Waals surface area contributed by atoms with Crippen LogP contribution in [0.25, 0.3) is 0 Å². The zero-order valence-electron chi connectivity index (χ0n) is 13.3. The number of hydrogen-bond donors (Lipinski definition) is 1. The molecule has 114 valence electrons. The molecule has 2 rings (SSSR count). The molecule has 0 amide bonds. The molecular formula is C16H28BrN3. The number of aromatic nitrogens is 2. The van der Waals surface area contributed by atoms with Crippen LogP contribution in [0.15, 0.2) is 4.47 Å². The standard InChI is InChI=1S/C16H28BrN3/c1-5-20-14(15(17)13(4)19-20)9-16(7-6-8-16)11-18-10-12(2)3/h12,18H,5-11H2,1-4H3. The van der Waals surface area contributed by atoms with Crippen LogP contribution in [0.4, 0.5) is 0 Å². The Morgan fingerprint density at radius 3 is 2.60 bits per heavy atom. The Labute approximate surface area is 131 Å². The number of nitrogens with one attached hydrogen (secondary N) is 1. The van der Waals surface area contributed by atoms with E-state index < -0.39 is 0 Å². The van der Waals surface area contributed by atoms with E-state index in [1.807, 2.05) is 0 Å². The van der Waals surface area contributed by atoms with Crippen molar-refractivity contribution in [3.63, 3.8) is 0 Å². The van der Waals surface area contributed by atoms with Gasteiger partial charge in [-0.3, -0.25) is 4.68 Å². The van der Waals surface area contributed by atoms with E-state index >= 15 is 0 Å². The molecule has 0 spiro atoms. The van der Waals surface area contributed by atoms with Crippen LogP contribution in [0.5, 0.6) is 0 Å². The average Bonchev–Trinajstić information content (AvgIpc) is 2.62. The molecule has 1 saturated carbocycles. The van der Waals surface area contributed by atoms with Gasteiger partial charge in [0.25, 0.3) is 0 Å². The van der Waals surface area contributed by atoms with Crippen molar-refractivity contribution in [3.05, 3.63) is 15.9 Å². The molecule has 0 aliphatic heterocycles. The Hall–Kier alpha value is -0.350. The molecule has 0 saturated heterocycles. The van der Waals surface area contributed by atoms with Crippen molar-refractivity contribution in [2.45, 2.75) is 59.9 Å². The van der Waals surface area contributed by atoms with E-state index in [2.05, 4.69) is 58.7 Å². The summed E-state index contributed by atoms with van der Waals surface area (Å²) < 4.78 is 3.39. The van der Waals surface area contributed by atoms with Gasteiger partial charge in [-0.25, -0.2) is 0 Å². The Morgan fingerprint density at radius 2 is 2.10 bits per heavy atom. The van der Waals surface area contributed by atoms with Crippen molar-refractivity contribution in [1.29, 1.82) is 0 Å². The molecular weight excluding hydrogens is 314 g/mol. The molecule has 20 heavy (non-hydrogen) atoms. The summed E-state index contributed by atoms with van der Waals surface area (Å²) >= 11 is 3.74. The molecule has 1 N–H and O–H groups in total. The first-order chi connectivity index (χ1) is 9.47. The summed E-state index contributed by atoms with van der Waals surface area (Å²) in [5.74, 6) is 0.724. The van der Waals surface area contributed by atoms with Crippen LogP contribution in [0.1, 0.15) is 51.4 Å². The minimum absolute atomic E-state index is 0.455. The Bertz CT molecular complexity index is 447. The number of hydrogen-bond acceptors (Lipinski definition) is 2. The molecule has 1 aromatic rings. The minimum Gasteiger partial charge on any atom is -0.316 e. The number of nitrogens with zero attached hydrogens (tertiary/aromatic N) is 2. The predicted octanol–water partition coefficient (Wildman–Crippen LogP) is 3.93. The lowest BCUT2D eigenvalue weighted by Crippen LogP contribution is -2.43. The monoisotopic (exact) mass is 341 g/mol. The Morgan fingerprint density at radius 1 is 1.40 bits per heavy atom. The Balaban J connectivity index is 2.06. The second kappa shape index (κ2) is 6.61. The van der Waals surface area contributed by atoms with Gasteiger partial charge >= 0.3 is 0 Å². The van der Waals surface area contributed by atoms with E-state index in [1.54, 1.807) is 0 Å². The van der Waals surface area contributed by atoms with Gasteiger partial charge in [-0.2, -0.15) is 5.10 Å². The highest BCUT2D eigenvalue weighted by atomic mass is 79.9. The van der Waals surface area contributed by atoms with Gasteiger partial charge < -0.3 is 5.32 Å². The fraction of sp³-hybridized carbons (Fsp3) is 0.812. The smallest absolute Gasteiger partial charge is 0.0738 e. The molecule has 1 aromatic heterocycles. The second-order valence-corrected chi connectivity index (χ2v) is 7.51. The van der Waals surface area contributed by atoms with E-state index in [4.69, 9.17) is 0 Å². The topological polar surface area (TPSA) is 29.9 Å². The summed E-state index contributed by atoms with van der Waals surface area (Å²) in [6.45, 7) is 12.0. The number of aryl methyl sites for hydroxylation is 2. The third-order valence-corrected chi connectivity index (χ3v) is 5.49. The van der Waals surface area contributed by atoms with E-state index in [0.29, 0.717) is 5.41 Å². The van der Waals surface area contributed by atoms with Crippen molar-refractivity contribution < 1.29 is 0 Å². The zero-order chi connectivity index (χ0) is 14.8. The summed E-state index contributed by atoms with van der Waals surface area (Å²) in [6.07, 6.45) is 5.21. The molecule has 1 heterocycles. The highest BCUT2D eigenvalue weighted by molar-refractivity contribution is 9.10. The van der Waals surface area contributed by atoms with Crippen LogP contribution < -0.4 is 5.32 Å². The quantitative estimate of drug-likeness (QED) is 0.814. The molecule has 1 aliphatic carbocycles. The highest BCUT2D eigenvalue weighted by Crippen LogP contribution is 2.44. The van der Waals surface area contributed by atoms with Gasteiger partial charge in [-0.1, -0.05) is 20.3 Å². The van der Waals surface area contributed by atoms with Gasteiger partial charge in [-0.15, -0.1) is 0 Å². The zero-order valence-corrected chi connectivity index (χ0v) is 14.9.